The number of likely N-dealkylation sites (N-methyl/N-ethyl adjacent to an activating group) is 1. The van der Waals surface area contributed by atoms with Crippen LogP contribution in [0.1, 0.15) is 174 Å². The Bertz CT molecular complexity index is 793. The second kappa shape index (κ2) is 35.0. The van der Waals surface area contributed by atoms with Gasteiger partial charge in [-0.1, -0.05) is 128 Å². The minimum Gasteiger partial charge on any atom is -1.00 e. The highest BCUT2D eigenvalue weighted by atomic mass is 35.5. The quantitative estimate of drug-likeness (QED) is 0.0373. The number of quaternary nitrogens is 1. The molecule has 0 radical (unpaired) electrons. The van der Waals surface area contributed by atoms with Gasteiger partial charge in [0.2, 0.25) is 0 Å². The molecule has 9 nitrogen and oxygen atoms in total. The average molecular weight is 706 g/mol. The molecule has 0 aromatic rings. The zero-order valence-electron chi connectivity index (χ0n) is 31.1. The lowest BCUT2D eigenvalue weighted by Crippen LogP contribution is -3.00. The number of nitrogens with zero attached hydrogens (tertiary/aromatic N) is 1. The number of unbranched alkanes of at least 4 members (excludes halogenated alkanes) is 22. The number of carbonyl (C=O) groups is 4. The van der Waals surface area contributed by atoms with Crippen LogP contribution >= 0.6 is 0 Å². The van der Waals surface area contributed by atoms with E-state index in [0.717, 1.165) is 64.2 Å². The number of carboxylic acid groups (broad SMARTS) is 1. The van der Waals surface area contributed by atoms with Crippen molar-refractivity contribution in [1.29, 1.82) is 0 Å². The van der Waals surface area contributed by atoms with Gasteiger partial charge in [-0.15, -0.1) is 0 Å². The SMILES string of the molecule is CC(=O)OCC[N+](C)(C)CC(=O)OCCCCCCCCCCOC(=O)CCCCCCCCCCCCCCCCCCC(=O)O.[Cl-]. The van der Waals surface area contributed by atoms with E-state index in [2.05, 4.69) is 0 Å². The normalized spacial score (nSPS) is 11.1. The summed E-state index contributed by atoms with van der Waals surface area (Å²) in [5.41, 5.74) is 0. The van der Waals surface area contributed by atoms with Crippen LogP contribution in [0.15, 0.2) is 0 Å². The Hall–Kier alpha value is -1.87. The smallest absolute Gasteiger partial charge is 0.361 e. The highest BCUT2D eigenvalue weighted by Crippen LogP contribution is 2.15. The number of esters is 3. The molecule has 0 saturated heterocycles. The predicted octanol–water partition coefficient (Wildman–Crippen LogP) is 5.94. The second-order valence-corrected chi connectivity index (χ2v) is 14.0. The molecule has 0 fully saturated rings. The van der Waals surface area contributed by atoms with Crippen molar-refractivity contribution in [3.8, 4) is 0 Å². The van der Waals surface area contributed by atoms with E-state index in [1.807, 2.05) is 14.1 Å². The zero-order chi connectivity index (χ0) is 34.9. The van der Waals surface area contributed by atoms with Crippen molar-refractivity contribution in [2.45, 2.75) is 174 Å². The highest BCUT2D eigenvalue weighted by Gasteiger charge is 2.21. The van der Waals surface area contributed by atoms with Crippen LogP contribution in [0.25, 0.3) is 0 Å². The number of hydrogen-bond donors (Lipinski definition) is 1. The molecule has 0 saturated carbocycles. The molecule has 0 aliphatic heterocycles. The summed E-state index contributed by atoms with van der Waals surface area (Å²) in [4.78, 5) is 45.4. The number of carboxylic acids is 1. The summed E-state index contributed by atoms with van der Waals surface area (Å²) in [7, 11) is 3.84. The fourth-order valence-corrected chi connectivity index (χ4v) is 5.64. The molecule has 0 heterocycles. The van der Waals surface area contributed by atoms with Gasteiger partial charge in [0.1, 0.15) is 13.2 Å². The molecule has 0 atom stereocenters. The summed E-state index contributed by atoms with van der Waals surface area (Å²) in [5.74, 6) is -1.24. The van der Waals surface area contributed by atoms with Crippen molar-refractivity contribution in [3.05, 3.63) is 0 Å². The van der Waals surface area contributed by atoms with Crippen LogP contribution in [0.4, 0.5) is 0 Å². The second-order valence-electron chi connectivity index (χ2n) is 14.0. The number of carbonyl (C=O) groups excluding carboxylic acids is 3. The lowest BCUT2D eigenvalue weighted by atomic mass is 10.0. The van der Waals surface area contributed by atoms with Crippen molar-refractivity contribution in [1.82, 2.24) is 0 Å². The Morgan fingerprint density at radius 2 is 0.792 bits per heavy atom. The molecule has 0 aromatic carbocycles. The summed E-state index contributed by atoms with van der Waals surface area (Å²) < 4.78 is 16.2. The molecule has 284 valence electrons. The molecule has 1 N–H and O–H groups in total. The molecule has 0 aliphatic carbocycles. The summed E-state index contributed by atoms with van der Waals surface area (Å²) in [6.45, 7) is 3.52. The Balaban J connectivity index is 0. The van der Waals surface area contributed by atoms with Gasteiger partial charge >= 0.3 is 23.9 Å². The maximum atomic E-state index is 12.1. The topological polar surface area (TPSA) is 116 Å². The van der Waals surface area contributed by atoms with Gasteiger partial charge in [-0.05, 0) is 25.7 Å². The van der Waals surface area contributed by atoms with Crippen LogP contribution < -0.4 is 12.4 Å². The first-order valence-electron chi connectivity index (χ1n) is 19.1. The molecule has 0 aliphatic rings. The van der Waals surface area contributed by atoms with Crippen LogP contribution in [0, 0.1) is 0 Å². The number of hydrogen-bond acceptors (Lipinski definition) is 7. The minimum atomic E-state index is -0.676. The first-order chi connectivity index (χ1) is 22.6. The Morgan fingerprint density at radius 3 is 1.17 bits per heavy atom. The third-order valence-corrected chi connectivity index (χ3v) is 8.65. The van der Waals surface area contributed by atoms with Crippen molar-refractivity contribution in [2.24, 2.45) is 0 Å². The van der Waals surface area contributed by atoms with Gasteiger partial charge in [0.25, 0.3) is 0 Å². The van der Waals surface area contributed by atoms with E-state index in [0.29, 0.717) is 43.7 Å². The standard InChI is InChI=1S/C38H71NO8.ClH/c1-35(40)45-33-30-39(2,3)34-38(44)47-32-27-23-19-15-14-18-22-26-31-46-37(43)29-25-21-17-13-11-9-7-5-4-6-8-10-12-16-20-24-28-36(41)42;/h4-34H2,1-3H3;1H. The van der Waals surface area contributed by atoms with Crippen molar-refractivity contribution < 1.29 is 55.4 Å². The van der Waals surface area contributed by atoms with Crippen molar-refractivity contribution in [2.75, 3.05) is 47.0 Å². The van der Waals surface area contributed by atoms with E-state index in [-0.39, 0.29) is 36.9 Å². The highest BCUT2D eigenvalue weighted by molar-refractivity contribution is 5.70. The Labute approximate surface area is 299 Å². The van der Waals surface area contributed by atoms with Crippen LogP contribution in [-0.2, 0) is 33.4 Å². The third-order valence-electron chi connectivity index (χ3n) is 8.65. The monoisotopic (exact) mass is 705 g/mol. The van der Waals surface area contributed by atoms with E-state index in [4.69, 9.17) is 19.3 Å². The summed E-state index contributed by atoms with van der Waals surface area (Å²) in [6, 6.07) is 0. The lowest BCUT2D eigenvalue weighted by Gasteiger charge is -2.28. The molecule has 0 aromatic heterocycles. The summed E-state index contributed by atoms with van der Waals surface area (Å²) in [6.07, 6.45) is 28.9. The van der Waals surface area contributed by atoms with E-state index >= 15 is 0 Å². The van der Waals surface area contributed by atoms with Gasteiger partial charge in [-0.25, -0.2) is 4.79 Å². The zero-order valence-corrected chi connectivity index (χ0v) is 31.8. The molecule has 0 bridgehead atoms. The number of ether oxygens (including phenoxy) is 3. The summed E-state index contributed by atoms with van der Waals surface area (Å²) >= 11 is 0. The maximum Gasteiger partial charge on any atom is 0.361 e. The fourth-order valence-electron chi connectivity index (χ4n) is 5.64. The Morgan fingerprint density at radius 1 is 0.458 bits per heavy atom. The minimum absolute atomic E-state index is 0. The van der Waals surface area contributed by atoms with Gasteiger partial charge in [0, 0.05) is 19.8 Å². The lowest BCUT2D eigenvalue weighted by molar-refractivity contribution is -0.883. The Kier molecular flexibility index (Phi) is 35.2. The van der Waals surface area contributed by atoms with Crippen LogP contribution in [-0.4, -0.2) is 80.5 Å². The van der Waals surface area contributed by atoms with E-state index in [9.17, 15) is 19.2 Å². The van der Waals surface area contributed by atoms with E-state index < -0.39 is 5.97 Å². The predicted molar refractivity (Wildman–Crippen MR) is 188 cm³/mol. The van der Waals surface area contributed by atoms with Crippen molar-refractivity contribution in [3.63, 3.8) is 0 Å². The van der Waals surface area contributed by atoms with E-state index in [1.165, 1.54) is 96.8 Å². The van der Waals surface area contributed by atoms with Gasteiger partial charge in [-0.3, -0.25) is 14.4 Å². The molecule has 0 unspecified atom stereocenters. The maximum absolute atomic E-state index is 12.1. The third kappa shape index (κ3) is 38.6. The van der Waals surface area contributed by atoms with Gasteiger partial charge < -0.3 is 36.2 Å². The molecular formula is C38H72ClNO8. The number of rotatable bonds is 35. The number of halogens is 1. The van der Waals surface area contributed by atoms with Crippen molar-refractivity contribution >= 4 is 23.9 Å². The van der Waals surface area contributed by atoms with Crippen LogP contribution in [0.5, 0.6) is 0 Å². The van der Waals surface area contributed by atoms with Gasteiger partial charge in [-0.2, -0.15) is 0 Å². The van der Waals surface area contributed by atoms with Gasteiger partial charge in [0.15, 0.2) is 6.54 Å². The molecular weight excluding hydrogens is 634 g/mol. The molecule has 48 heavy (non-hydrogen) atoms. The molecule has 0 rings (SSSR count). The van der Waals surface area contributed by atoms with Crippen LogP contribution in [0.2, 0.25) is 0 Å². The number of aliphatic carboxylic acids is 1. The van der Waals surface area contributed by atoms with Gasteiger partial charge in [0.05, 0.1) is 27.3 Å². The largest absolute Gasteiger partial charge is 1.00 e. The van der Waals surface area contributed by atoms with E-state index in [1.54, 1.807) is 0 Å². The first kappa shape index (κ1) is 48.2. The summed E-state index contributed by atoms with van der Waals surface area (Å²) in [5, 5.41) is 8.64. The molecule has 0 spiro atoms. The molecule has 10 heteroatoms. The average Bonchev–Trinajstić information content (AvgIpc) is 3.00. The fraction of sp³-hybridized carbons (Fsp3) is 0.895. The first-order valence-corrected chi connectivity index (χ1v) is 19.1. The molecule has 0 amide bonds. The van der Waals surface area contributed by atoms with Crippen LogP contribution in [0.3, 0.4) is 0 Å².